The van der Waals surface area contributed by atoms with E-state index in [2.05, 4.69) is 9.97 Å². The molecule has 134 valence electrons. The summed E-state index contributed by atoms with van der Waals surface area (Å²) in [5.74, 6) is 0.0163. The summed E-state index contributed by atoms with van der Waals surface area (Å²) in [6.07, 6.45) is 10.0. The monoisotopic (exact) mass is 350 g/mol. The Morgan fingerprint density at radius 2 is 1.88 bits per heavy atom. The van der Waals surface area contributed by atoms with Crippen molar-refractivity contribution in [2.24, 2.45) is 0 Å². The summed E-state index contributed by atoms with van der Waals surface area (Å²) in [5, 5.41) is 12.2. The van der Waals surface area contributed by atoms with Gasteiger partial charge in [-0.25, -0.2) is 0 Å². The molecule has 1 N–H and O–H groups in total. The lowest BCUT2D eigenvalue weighted by molar-refractivity contribution is -0.0284. The maximum absolute atomic E-state index is 12.7. The third-order valence-electron chi connectivity index (χ3n) is 5.27. The molecule has 1 saturated heterocycles. The Morgan fingerprint density at radius 1 is 1.15 bits per heavy atom. The van der Waals surface area contributed by atoms with Crippen LogP contribution in [0.1, 0.15) is 28.8 Å². The smallest absolute Gasteiger partial charge is 0.254 e. The van der Waals surface area contributed by atoms with Gasteiger partial charge in [0.25, 0.3) is 5.91 Å². The van der Waals surface area contributed by atoms with Gasteiger partial charge in [-0.05, 0) is 43.5 Å². The molecule has 4 rings (SSSR count). The van der Waals surface area contributed by atoms with Crippen LogP contribution in [-0.2, 0) is 6.54 Å². The fourth-order valence-electron chi connectivity index (χ4n) is 3.65. The average Bonchev–Trinajstić information content (AvgIpc) is 3.05. The van der Waals surface area contributed by atoms with Crippen LogP contribution in [0.2, 0.25) is 0 Å². The first-order valence-corrected chi connectivity index (χ1v) is 8.87. The van der Waals surface area contributed by atoms with Crippen LogP contribution in [0, 0.1) is 6.92 Å². The van der Waals surface area contributed by atoms with E-state index in [4.69, 9.17) is 0 Å². The molecule has 1 fully saturated rings. The molecule has 0 bridgehead atoms. The van der Waals surface area contributed by atoms with Gasteiger partial charge in [-0.15, -0.1) is 0 Å². The highest BCUT2D eigenvalue weighted by Gasteiger charge is 2.35. The number of amides is 1. The summed E-state index contributed by atoms with van der Waals surface area (Å²) >= 11 is 0. The summed E-state index contributed by atoms with van der Waals surface area (Å²) in [6.45, 7) is 3.51. The molecule has 1 aliphatic heterocycles. The van der Waals surface area contributed by atoms with Crippen molar-refractivity contribution in [3.8, 4) is 0 Å². The number of aromatic nitrogens is 3. The number of rotatable bonds is 3. The highest BCUT2D eigenvalue weighted by molar-refractivity contribution is 5.95. The van der Waals surface area contributed by atoms with Crippen LogP contribution in [0.4, 0.5) is 0 Å². The third kappa shape index (κ3) is 3.08. The summed E-state index contributed by atoms with van der Waals surface area (Å²) in [6, 6.07) is 5.76. The van der Waals surface area contributed by atoms with Crippen LogP contribution >= 0.6 is 0 Å². The Kier molecular flexibility index (Phi) is 4.20. The Morgan fingerprint density at radius 3 is 2.65 bits per heavy atom. The van der Waals surface area contributed by atoms with Gasteiger partial charge in [0.05, 0.1) is 23.9 Å². The van der Waals surface area contributed by atoms with E-state index in [0.29, 0.717) is 38.0 Å². The van der Waals surface area contributed by atoms with Gasteiger partial charge in [-0.3, -0.25) is 14.8 Å². The maximum atomic E-state index is 12.7. The normalized spacial score (nSPS) is 16.8. The van der Waals surface area contributed by atoms with Crippen LogP contribution in [-0.4, -0.2) is 49.1 Å². The number of carbonyl (C=O) groups is 1. The fraction of sp³-hybridized carbons (Fsp3) is 0.350. The van der Waals surface area contributed by atoms with E-state index in [1.165, 1.54) is 0 Å². The van der Waals surface area contributed by atoms with Gasteiger partial charge < -0.3 is 14.6 Å². The maximum Gasteiger partial charge on any atom is 0.254 e. The van der Waals surface area contributed by atoms with Crippen molar-refractivity contribution < 1.29 is 9.90 Å². The predicted octanol–water partition coefficient (Wildman–Crippen LogP) is 2.41. The van der Waals surface area contributed by atoms with E-state index in [1.54, 1.807) is 24.7 Å². The van der Waals surface area contributed by atoms with Crippen molar-refractivity contribution >= 4 is 16.8 Å². The van der Waals surface area contributed by atoms with E-state index in [0.717, 1.165) is 16.5 Å². The zero-order chi connectivity index (χ0) is 18.1. The molecule has 0 saturated carbocycles. The molecule has 3 aromatic rings. The average molecular weight is 350 g/mol. The number of fused-ring (bicyclic) bond motifs is 1. The largest absolute Gasteiger partial charge is 0.388 e. The van der Waals surface area contributed by atoms with Gasteiger partial charge in [-0.2, -0.15) is 0 Å². The summed E-state index contributed by atoms with van der Waals surface area (Å²) in [4.78, 5) is 22.8. The summed E-state index contributed by atoms with van der Waals surface area (Å²) in [5.41, 5.74) is 1.77. The first-order valence-electron chi connectivity index (χ1n) is 8.87. The molecule has 0 aromatic carbocycles. The van der Waals surface area contributed by atoms with Gasteiger partial charge >= 0.3 is 0 Å². The number of hydrogen-bond acceptors (Lipinski definition) is 4. The topological polar surface area (TPSA) is 71.2 Å². The third-order valence-corrected chi connectivity index (χ3v) is 5.27. The molecule has 6 nitrogen and oxygen atoms in total. The van der Waals surface area contributed by atoms with Gasteiger partial charge in [0.15, 0.2) is 0 Å². The fourth-order valence-corrected chi connectivity index (χ4v) is 3.65. The van der Waals surface area contributed by atoms with Crippen molar-refractivity contribution in [3.05, 3.63) is 60.3 Å². The molecule has 6 heteroatoms. The van der Waals surface area contributed by atoms with E-state index in [9.17, 15) is 9.90 Å². The van der Waals surface area contributed by atoms with Crippen LogP contribution in [0.5, 0.6) is 0 Å². The number of hydrogen-bond donors (Lipinski definition) is 1. The Bertz CT molecular complexity index is 942. The van der Waals surface area contributed by atoms with Crippen LogP contribution in [0.3, 0.4) is 0 Å². The first kappa shape index (κ1) is 16.7. The minimum atomic E-state index is -0.814. The number of pyridine rings is 2. The van der Waals surface area contributed by atoms with Gasteiger partial charge in [0.2, 0.25) is 0 Å². The van der Waals surface area contributed by atoms with Gasteiger partial charge in [-0.1, -0.05) is 0 Å². The molecule has 0 radical (unpaired) electrons. The number of aliphatic hydroxyl groups is 1. The SMILES string of the molecule is Cc1cnccc1C(=O)N1CCC(O)(Cn2ccc3ccncc32)CC1. The zero-order valence-corrected chi connectivity index (χ0v) is 14.8. The Balaban J connectivity index is 1.45. The number of piperidine rings is 1. The second-order valence-electron chi connectivity index (χ2n) is 7.09. The minimum absolute atomic E-state index is 0.0163. The van der Waals surface area contributed by atoms with Crippen molar-refractivity contribution in [1.29, 1.82) is 0 Å². The quantitative estimate of drug-likeness (QED) is 0.787. The van der Waals surface area contributed by atoms with Crippen molar-refractivity contribution in [2.75, 3.05) is 13.1 Å². The Hall–Kier alpha value is -2.73. The lowest BCUT2D eigenvalue weighted by Crippen LogP contribution is -2.48. The molecule has 1 aliphatic rings. The number of carbonyl (C=O) groups excluding carboxylic acids is 1. The molecule has 0 spiro atoms. The van der Waals surface area contributed by atoms with Crippen molar-refractivity contribution in [2.45, 2.75) is 31.9 Å². The second-order valence-corrected chi connectivity index (χ2v) is 7.09. The van der Waals surface area contributed by atoms with Crippen molar-refractivity contribution in [3.63, 3.8) is 0 Å². The molecule has 0 aliphatic carbocycles. The molecule has 0 atom stereocenters. The molecule has 3 aromatic heterocycles. The lowest BCUT2D eigenvalue weighted by atomic mass is 9.90. The van der Waals surface area contributed by atoms with E-state index in [1.807, 2.05) is 40.9 Å². The molecular formula is C20H22N4O2. The first-order chi connectivity index (χ1) is 12.6. The molecular weight excluding hydrogens is 328 g/mol. The summed E-state index contributed by atoms with van der Waals surface area (Å²) < 4.78 is 2.05. The van der Waals surface area contributed by atoms with Gasteiger partial charge in [0.1, 0.15) is 0 Å². The van der Waals surface area contributed by atoms with E-state index < -0.39 is 5.60 Å². The lowest BCUT2D eigenvalue weighted by Gasteiger charge is -2.38. The standard InChI is InChI=1S/C20H22N4O2/c1-15-12-21-8-3-17(15)19(25)23-10-5-20(26,6-11-23)14-24-9-4-16-2-7-22-13-18(16)24/h2-4,7-9,12-13,26H,5-6,10-11,14H2,1H3. The molecule has 26 heavy (non-hydrogen) atoms. The van der Waals surface area contributed by atoms with Crippen LogP contribution in [0.15, 0.2) is 49.2 Å². The zero-order valence-electron chi connectivity index (χ0n) is 14.8. The number of nitrogens with zero attached hydrogens (tertiary/aromatic N) is 4. The highest BCUT2D eigenvalue weighted by Crippen LogP contribution is 2.27. The molecule has 0 unspecified atom stereocenters. The van der Waals surface area contributed by atoms with E-state index >= 15 is 0 Å². The second kappa shape index (κ2) is 6.53. The Labute approximate surface area is 152 Å². The van der Waals surface area contributed by atoms with Crippen molar-refractivity contribution in [1.82, 2.24) is 19.4 Å². The van der Waals surface area contributed by atoms with Gasteiger partial charge in [0, 0.05) is 48.8 Å². The van der Waals surface area contributed by atoms with Crippen LogP contribution < -0.4 is 0 Å². The minimum Gasteiger partial charge on any atom is -0.388 e. The number of aryl methyl sites for hydroxylation is 1. The number of likely N-dealkylation sites (tertiary alicyclic amines) is 1. The highest BCUT2D eigenvalue weighted by atomic mass is 16.3. The summed E-state index contributed by atoms with van der Waals surface area (Å²) in [7, 11) is 0. The predicted molar refractivity (Wildman–Crippen MR) is 98.8 cm³/mol. The molecule has 4 heterocycles. The molecule has 1 amide bonds. The van der Waals surface area contributed by atoms with E-state index in [-0.39, 0.29) is 5.91 Å². The van der Waals surface area contributed by atoms with Crippen LogP contribution in [0.25, 0.3) is 10.9 Å².